The molecule has 0 unspecified atom stereocenters. The highest BCUT2D eigenvalue weighted by Crippen LogP contribution is 2.54. The van der Waals surface area contributed by atoms with Crippen LogP contribution in [0, 0.1) is 11.8 Å². The molecule has 2 aromatic rings. The van der Waals surface area contributed by atoms with Crippen LogP contribution in [-0.2, 0) is 12.8 Å². The fourth-order valence-corrected chi connectivity index (χ4v) is 5.16. The minimum absolute atomic E-state index is 0.339. The van der Waals surface area contributed by atoms with Crippen molar-refractivity contribution in [2.24, 2.45) is 11.8 Å². The Morgan fingerprint density at radius 3 is 1.79 bits per heavy atom. The van der Waals surface area contributed by atoms with Gasteiger partial charge in [0.2, 0.25) is 0 Å². The Balaban J connectivity index is 1.65. The number of halogens is 2. The topological polar surface area (TPSA) is 18.5 Å². The number of ether oxygens (including phenoxy) is 2. The van der Waals surface area contributed by atoms with Crippen molar-refractivity contribution in [3.63, 3.8) is 0 Å². The third-order valence-corrected chi connectivity index (χ3v) is 6.39. The maximum absolute atomic E-state index is 6.56. The summed E-state index contributed by atoms with van der Waals surface area (Å²) >= 11 is 12.9. The van der Waals surface area contributed by atoms with Crippen LogP contribution in [0.15, 0.2) is 36.4 Å². The van der Waals surface area contributed by atoms with Crippen molar-refractivity contribution in [1.82, 2.24) is 0 Å². The first kappa shape index (κ1) is 14.9. The zero-order valence-electron chi connectivity index (χ0n) is 13.2. The molecule has 0 radical (unpaired) electrons. The molecule has 4 heteroatoms. The average Bonchev–Trinajstić information content (AvgIpc) is 2.58. The molecule has 24 heavy (non-hydrogen) atoms. The van der Waals surface area contributed by atoms with Crippen LogP contribution in [0.3, 0.4) is 0 Å². The van der Waals surface area contributed by atoms with Gasteiger partial charge in [0.1, 0.15) is 11.5 Å². The molecule has 2 aliphatic heterocycles. The molecule has 0 N–H and O–H groups in total. The second-order valence-corrected chi connectivity index (χ2v) is 7.93. The Morgan fingerprint density at radius 2 is 1.29 bits per heavy atom. The van der Waals surface area contributed by atoms with E-state index in [2.05, 4.69) is 12.1 Å². The molecule has 0 aromatic heterocycles. The summed E-state index contributed by atoms with van der Waals surface area (Å²) in [5.74, 6) is 1.63. The van der Waals surface area contributed by atoms with Gasteiger partial charge in [-0.15, -0.1) is 0 Å². The predicted octanol–water partition coefficient (Wildman–Crippen LogP) is 5.68. The van der Waals surface area contributed by atoms with Gasteiger partial charge in [0.05, 0.1) is 10.0 Å². The molecule has 0 amide bonds. The molecule has 0 bridgehead atoms. The molecule has 124 valence electrons. The molecule has 2 aromatic carbocycles. The van der Waals surface area contributed by atoms with E-state index in [9.17, 15) is 0 Å². The van der Waals surface area contributed by atoms with Crippen molar-refractivity contribution in [2.75, 3.05) is 0 Å². The van der Waals surface area contributed by atoms with Gasteiger partial charge in [0.25, 0.3) is 5.79 Å². The van der Waals surface area contributed by atoms with Crippen LogP contribution in [0.25, 0.3) is 0 Å². The standard InChI is InChI=1S/C20H18Cl2O2/c21-16-8-1-4-12-10-14-6-3-7-15-11-13-5-2-9-17(22)19(13)24-20(14,15)23-18(12)16/h1-2,4-5,8-9,14-15H,3,6-7,10-11H2/t14-,15-,20?/m1/s1. The minimum atomic E-state index is -0.631. The van der Waals surface area contributed by atoms with Gasteiger partial charge in [-0.25, -0.2) is 0 Å². The molecule has 1 aliphatic carbocycles. The molecular weight excluding hydrogens is 343 g/mol. The van der Waals surface area contributed by atoms with E-state index >= 15 is 0 Å². The van der Waals surface area contributed by atoms with Gasteiger partial charge in [-0.2, -0.15) is 0 Å². The molecule has 0 saturated heterocycles. The third kappa shape index (κ3) is 2.02. The van der Waals surface area contributed by atoms with Gasteiger partial charge in [0, 0.05) is 11.8 Å². The van der Waals surface area contributed by atoms with Crippen LogP contribution in [0.2, 0.25) is 10.0 Å². The number of fused-ring (bicyclic) bond motifs is 2. The van der Waals surface area contributed by atoms with E-state index in [0.29, 0.717) is 21.9 Å². The first-order valence-electron chi connectivity index (χ1n) is 8.60. The lowest BCUT2D eigenvalue weighted by molar-refractivity contribution is -0.226. The molecule has 1 spiro atoms. The lowest BCUT2D eigenvalue weighted by Crippen LogP contribution is -2.61. The van der Waals surface area contributed by atoms with E-state index in [0.717, 1.165) is 37.2 Å². The highest BCUT2D eigenvalue weighted by atomic mass is 35.5. The van der Waals surface area contributed by atoms with E-state index in [1.54, 1.807) is 0 Å². The Morgan fingerprint density at radius 1 is 0.792 bits per heavy atom. The Labute approximate surface area is 151 Å². The van der Waals surface area contributed by atoms with E-state index in [4.69, 9.17) is 32.7 Å². The second-order valence-electron chi connectivity index (χ2n) is 7.11. The summed E-state index contributed by atoms with van der Waals surface area (Å²) in [6.07, 6.45) is 5.35. The van der Waals surface area contributed by atoms with Crippen LogP contribution < -0.4 is 9.47 Å². The quantitative estimate of drug-likeness (QED) is 0.601. The van der Waals surface area contributed by atoms with Crippen LogP contribution in [0.4, 0.5) is 0 Å². The summed E-state index contributed by atoms with van der Waals surface area (Å²) in [6, 6.07) is 12.0. The molecule has 1 fully saturated rings. The Hall–Kier alpha value is -1.38. The summed E-state index contributed by atoms with van der Waals surface area (Å²) in [5, 5.41) is 1.33. The molecule has 5 rings (SSSR count). The maximum atomic E-state index is 6.56. The molecule has 2 nitrogen and oxygen atoms in total. The highest BCUT2D eigenvalue weighted by molar-refractivity contribution is 6.32. The smallest absolute Gasteiger partial charge is 0.257 e. The first-order valence-corrected chi connectivity index (χ1v) is 9.36. The molecule has 2 heterocycles. The minimum Gasteiger partial charge on any atom is -0.450 e. The number of para-hydroxylation sites is 2. The largest absolute Gasteiger partial charge is 0.450 e. The van der Waals surface area contributed by atoms with Crippen molar-refractivity contribution in [3.8, 4) is 11.5 Å². The second kappa shape index (κ2) is 5.31. The summed E-state index contributed by atoms with van der Waals surface area (Å²) < 4.78 is 13.1. The number of hydrogen-bond acceptors (Lipinski definition) is 2. The zero-order valence-corrected chi connectivity index (χ0v) is 14.7. The number of benzene rings is 2. The van der Waals surface area contributed by atoms with E-state index in [1.165, 1.54) is 17.5 Å². The summed E-state index contributed by atoms with van der Waals surface area (Å²) in [5.41, 5.74) is 2.37. The SMILES string of the molecule is Clc1cccc2c1OC13Oc4c(Cl)cccc4C[C@H]1CCC[C@@H]3C2. The van der Waals surface area contributed by atoms with Crippen molar-refractivity contribution in [3.05, 3.63) is 57.6 Å². The van der Waals surface area contributed by atoms with Gasteiger partial charge >= 0.3 is 0 Å². The Kier molecular flexibility index (Phi) is 3.30. The van der Waals surface area contributed by atoms with Crippen LogP contribution >= 0.6 is 23.2 Å². The molecular formula is C20H18Cl2O2. The number of rotatable bonds is 0. The Bertz CT molecular complexity index is 750. The first-order chi connectivity index (χ1) is 11.7. The van der Waals surface area contributed by atoms with Crippen LogP contribution in [-0.4, -0.2) is 5.79 Å². The monoisotopic (exact) mass is 360 g/mol. The number of hydrogen-bond donors (Lipinski definition) is 0. The van der Waals surface area contributed by atoms with Crippen molar-refractivity contribution >= 4 is 23.2 Å². The fourth-order valence-electron chi connectivity index (χ4n) is 4.70. The van der Waals surface area contributed by atoms with Crippen LogP contribution in [0.1, 0.15) is 30.4 Å². The van der Waals surface area contributed by atoms with Gasteiger partial charge in [-0.3, -0.25) is 0 Å². The van der Waals surface area contributed by atoms with Gasteiger partial charge < -0.3 is 9.47 Å². The van der Waals surface area contributed by atoms with E-state index in [1.807, 2.05) is 24.3 Å². The van der Waals surface area contributed by atoms with Crippen molar-refractivity contribution < 1.29 is 9.47 Å². The zero-order chi connectivity index (χ0) is 16.3. The van der Waals surface area contributed by atoms with Crippen LogP contribution in [0.5, 0.6) is 11.5 Å². The maximum Gasteiger partial charge on any atom is 0.257 e. The fraction of sp³-hybridized carbons (Fsp3) is 0.400. The van der Waals surface area contributed by atoms with Crippen molar-refractivity contribution in [2.45, 2.75) is 37.9 Å². The van der Waals surface area contributed by atoms with Gasteiger partial charge in [-0.1, -0.05) is 53.9 Å². The average molecular weight is 361 g/mol. The van der Waals surface area contributed by atoms with Gasteiger partial charge in [0.15, 0.2) is 0 Å². The molecule has 2 atom stereocenters. The van der Waals surface area contributed by atoms with Crippen molar-refractivity contribution in [1.29, 1.82) is 0 Å². The summed E-state index contributed by atoms with van der Waals surface area (Å²) in [7, 11) is 0. The molecule has 3 aliphatic rings. The lowest BCUT2D eigenvalue weighted by atomic mass is 9.68. The third-order valence-electron chi connectivity index (χ3n) is 5.80. The normalized spacial score (nSPS) is 30.1. The lowest BCUT2D eigenvalue weighted by Gasteiger charge is -2.53. The molecule has 1 saturated carbocycles. The van der Waals surface area contributed by atoms with Gasteiger partial charge in [-0.05, 0) is 48.9 Å². The van der Waals surface area contributed by atoms with E-state index < -0.39 is 5.79 Å². The predicted molar refractivity (Wildman–Crippen MR) is 95.1 cm³/mol. The summed E-state index contributed by atoms with van der Waals surface area (Å²) in [6.45, 7) is 0. The highest BCUT2D eigenvalue weighted by Gasteiger charge is 2.57. The summed E-state index contributed by atoms with van der Waals surface area (Å²) in [4.78, 5) is 0. The van der Waals surface area contributed by atoms with E-state index in [-0.39, 0.29) is 0 Å².